The topological polar surface area (TPSA) is 95.1 Å². The van der Waals surface area contributed by atoms with E-state index in [4.69, 9.17) is 5.11 Å². The highest BCUT2D eigenvalue weighted by atomic mass is 16.4. The number of benzene rings is 1. The van der Waals surface area contributed by atoms with Gasteiger partial charge in [-0.25, -0.2) is 0 Å². The van der Waals surface area contributed by atoms with Crippen molar-refractivity contribution in [2.45, 2.75) is 19.8 Å². The normalized spacial score (nSPS) is 12.2. The summed E-state index contributed by atoms with van der Waals surface area (Å²) in [5.41, 5.74) is 1.18. The van der Waals surface area contributed by atoms with Gasteiger partial charge in [0.05, 0.1) is 11.4 Å². The van der Waals surface area contributed by atoms with Gasteiger partial charge in [-0.15, -0.1) is 0 Å². The van der Waals surface area contributed by atoms with Crippen molar-refractivity contribution in [2.24, 2.45) is 5.92 Å². The molecule has 1 atom stereocenters. The van der Waals surface area contributed by atoms with Crippen LogP contribution in [0.15, 0.2) is 24.3 Å². The fourth-order valence-electron chi connectivity index (χ4n) is 1.95. The van der Waals surface area contributed by atoms with Crippen LogP contribution in [0.2, 0.25) is 0 Å². The number of rotatable bonds is 6. The summed E-state index contributed by atoms with van der Waals surface area (Å²) in [5.74, 6) is -1.45. The minimum atomic E-state index is -0.811. The van der Waals surface area contributed by atoms with Crippen LogP contribution >= 0.6 is 0 Å². The predicted molar refractivity (Wildman–Crippen MR) is 74.5 cm³/mol. The van der Waals surface area contributed by atoms with Gasteiger partial charge < -0.3 is 10.4 Å². The molecule has 2 rings (SSSR count). The maximum Gasteiger partial charge on any atom is 0.306 e. The number of hydrogen-bond acceptors (Lipinski definition) is 3. The summed E-state index contributed by atoms with van der Waals surface area (Å²) in [5, 5.41) is 19.1. The summed E-state index contributed by atoms with van der Waals surface area (Å²) in [4.78, 5) is 22.6. The van der Waals surface area contributed by atoms with Crippen LogP contribution in [0.5, 0.6) is 0 Å². The van der Waals surface area contributed by atoms with Crippen molar-refractivity contribution in [3.05, 3.63) is 30.0 Å². The maximum absolute atomic E-state index is 12.0. The van der Waals surface area contributed by atoms with E-state index in [2.05, 4.69) is 15.5 Å². The van der Waals surface area contributed by atoms with Crippen molar-refractivity contribution in [2.75, 3.05) is 6.54 Å². The summed E-state index contributed by atoms with van der Waals surface area (Å²) >= 11 is 0. The largest absolute Gasteiger partial charge is 0.481 e. The molecule has 0 aliphatic rings. The first-order valence-corrected chi connectivity index (χ1v) is 6.53. The summed E-state index contributed by atoms with van der Waals surface area (Å²) in [6.07, 6.45) is 1.17. The molecule has 0 aliphatic heterocycles. The van der Waals surface area contributed by atoms with Crippen molar-refractivity contribution in [1.82, 2.24) is 15.5 Å². The van der Waals surface area contributed by atoms with E-state index in [0.717, 1.165) is 10.9 Å². The van der Waals surface area contributed by atoms with Gasteiger partial charge in [0.2, 0.25) is 0 Å². The number of nitrogens with one attached hydrogen (secondary N) is 2. The Kier molecular flexibility index (Phi) is 4.34. The number of carbonyl (C=O) groups is 2. The van der Waals surface area contributed by atoms with Gasteiger partial charge in [0.15, 0.2) is 5.69 Å². The van der Waals surface area contributed by atoms with Crippen LogP contribution in [0.3, 0.4) is 0 Å². The molecular formula is C14H17N3O3. The molecule has 1 unspecified atom stereocenters. The van der Waals surface area contributed by atoms with Gasteiger partial charge in [-0.3, -0.25) is 14.7 Å². The van der Waals surface area contributed by atoms with E-state index in [-0.39, 0.29) is 5.91 Å². The van der Waals surface area contributed by atoms with Gasteiger partial charge in [-0.2, -0.15) is 5.10 Å². The lowest BCUT2D eigenvalue weighted by molar-refractivity contribution is -0.141. The Bertz CT molecular complexity index is 621. The third-order valence-corrected chi connectivity index (χ3v) is 3.21. The third-order valence-electron chi connectivity index (χ3n) is 3.21. The van der Waals surface area contributed by atoms with E-state index < -0.39 is 11.9 Å². The number of H-pyrrole nitrogens is 1. The highest BCUT2D eigenvalue weighted by Gasteiger charge is 2.14. The molecule has 1 heterocycles. The van der Waals surface area contributed by atoms with Crippen LogP contribution in [0.25, 0.3) is 10.9 Å². The quantitative estimate of drug-likeness (QED) is 0.700. The number of nitrogens with zero attached hydrogens (tertiary/aromatic N) is 1. The molecule has 1 aromatic heterocycles. The number of carboxylic acids is 1. The first kappa shape index (κ1) is 14.0. The van der Waals surface area contributed by atoms with Crippen molar-refractivity contribution >= 4 is 22.8 Å². The number of aliphatic carboxylic acids is 1. The standard InChI is InChI=1S/C14H17N3O3/c1-9(14(19)20)5-4-8-15-13(18)12-10-6-2-3-7-11(10)16-17-12/h2-3,6-7,9H,4-5,8H2,1H3,(H,15,18)(H,16,17)(H,19,20). The highest BCUT2D eigenvalue weighted by molar-refractivity contribution is 6.04. The van der Waals surface area contributed by atoms with Gasteiger partial charge in [0.25, 0.3) is 5.91 Å². The number of aromatic amines is 1. The fourth-order valence-corrected chi connectivity index (χ4v) is 1.95. The van der Waals surface area contributed by atoms with Crippen LogP contribution < -0.4 is 5.32 Å². The van der Waals surface area contributed by atoms with Crippen LogP contribution in [0.1, 0.15) is 30.3 Å². The Morgan fingerprint density at radius 1 is 1.40 bits per heavy atom. The van der Waals surface area contributed by atoms with Crippen molar-refractivity contribution in [1.29, 1.82) is 0 Å². The Balaban J connectivity index is 1.88. The number of hydrogen-bond donors (Lipinski definition) is 3. The van der Waals surface area contributed by atoms with Crippen molar-refractivity contribution < 1.29 is 14.7 Å². The summed E-state index contributed by atoms with van der Waals surface area (Å²) < 4.78 is 0. The average Bonchev–Trinajstić information content (AvgIpc) is 2.87. The molecule has 0 saturated heterocycles. The Morgan fingerprint density at radius 2 is 2.15 bits per heavy atom. The van der Waals surface area contributed by atoms with Crippen LogP contribution in [-0.4, -0.2) is 33.7 Å². The monoisotopic (exact) mass is 275 g/mol. The lowest BCUT2D eigenvalue weighted by Crippen LogP contribution is -2.25. The van der Waals surface area contributed by atoms with Crippen LogP contribution in [-0.2, 0) is 4.79 Å². The molecule has 1 amide bonds. The molecule has 0 saturated carbocycles. The summed E-state index contributed by atoms with van der Waals surface area (Å²) in [7, 11) is 0. The molecule has 0 aliphatic carbocycles. The molecule has 6 heteroatoms. The zero-order valence-corrected chi connectivity index (χ0v) is 11.2. The molecule has 1 aromatic carbocycles. The minimum absolute atomic E-state index is 0.245. The zero-order chi connectivity index (χ0) is 14.5. The van der Waals surface area contributed by atoms with Gasteiger partial charge in [-0.05, 0) is 18.9 Å². The minimum Gasteiger partial charge on any atom is -0.481 e. The second-order valence-corrected chi connectivity index (χ2v) is 4.76. The third kappa shape index (κ3) is 3.14. The van der Waals surface area contributed by atoms with E-state index in [0.29, 0.717) is 25.1 Å². The van der Waals surface area contributed by atoms with Crippen LogP contribution in [0, 0.1) is 5.92 Å². The lowest BCUT2D eigenvalue weighted by atomic mass is 10.1. The van der Waals surface area contributed by atoms with E-state index in [1.165, 1.54) is 0 Å². The van der Waals surface area contributed by atoms with Gasteiger partial charge >= 0.3 is 5.97 Å². The van der Waals surface area contributed by atoms with Crippen LogP contribution in [0.4, 0.5) is 0 Å². The highest BCUT2D eigenvalue weighted by Crippen LogP contribution is 2.14. The summed E-state index contributed by atoms with van der Waals surface area (Å²) in [6.45, 7) is 2.10. The van der Waals surface area contributed by atoms with Gasteiger partial charge in [0.1, 0.15) is 0 Å². The molecular weight excluding hydrogens is 258 g/mol. The lowest BCUT2D eigenvalue weighted by Gasteiger charge is -2.06. The fraction of sp³-hybridized carbons (Fsp3) is 0.357. The number of fused-ring (bicyclic) bond motifs is 1. The molecule has 0 fully saturated rings. The molecule has 20 heavy (non-hydrogen) atoms. The molecule has 0 radical (unpaired) electrons. The van der Waals surface area contributed by atoms with E-state index in [1.54, 1.807) is 6.92 Å². The van der Waals surface area contributed by atoms with Gasteiger partial charge in [-0.1, -0.05) is 25.1 Å². The van der Waals surface area contributed by atoms with Crippen molar-refractivity contribution in [3.63, 3.8) is 0 Å². The first-order valence-electron chi connectivity index (χ1n) is 6.53. The molecule has 2 aromatic rings. The number of carbonyl (C=O) groups excluding carboxylic acids is 1. The molecule has 6 nitrogen and oxygen atoms in total. The molecule has 0 spiro atoms. The summed E-state index contributed by atoms with van der Waals surface area (Å²) in [6, 6.07) is 7.41. The Morgan fingerprint density at radius 3 is 2.90 bits per heavy atom. The average molecular weight is 275 g/mol. The zero-order valence-electron chi connectivity index (χ0n) is 11.2. The van der Waals surface area contributed by atoms with E-state index in [9.17, 15) is 9.59 Å². The number of carboxylic acid groups (broad SMARTS) is 1. The van der Waals surface area contributed by atoms with E-state index in [1.807, 2.05) is 24.3 Å². The maximum atomic E-state index is 12.0. The predicted octanol–water partition coefficient (Wildman–Crippen LogP) is 1.79. The Labute approximate surface area is 116 Å². The molecule has 0 bridgehead atoms. The van der Waals surface area contributed by atoms with Crippen molar-refractivity contribution in [3.8, 4) is 0 Å². The Hall–Kier alpha value is -2.37. The molecule has 3 N–H and O–H groups in total. The SMILES string of the molecule is CC(CCCNC(=O)c1n[nH]c2ccccc12)C(=O)O. The van der Waals surface area contributed by atoms with E-state index >= 15 is 0 Å². The smallest absolute Gasteiger partial charge is 0.306 e. The number of aromatic nitrogens is 2. The second-order valence-electron chi connectivity index (χ2n) is 4.76. The second kappa shape index (κ2) is 6.18. The molecule has 106 valence electrons. The number of para-hydroxylation sites is 1. The van der Waals surface area contributed by atoms with Gasteiger partial charge in [0, 0.05) is 11.9 Å². The first-order chi connectivity index (χ1) is 9.59. The number of amides is 1.